The van der Waals surface area contributed by atoms with Crippen molar-refractivity contribution < 1.29 is 37.7 Å². The number of likely N-dealkylation sites (N-methyl/N-ethyl adjacent to an activating group) is 1. The fourth-order valence-corrected chi connectivity index (χ4v) is 3.64. The van der Waals surface area contributed by atoms with Crippen LogP contribution >= 0.6 is 0 Å². The zero-order chi connectivity index (χ0) is 22.8. The van der Waals surface area contributed by atoms with Crippen LogP contribution in [0.5, 0.6) is 11.5 Å². The summed E-state index contributed by atoms with van der Waals surface area (Å²) >= 11 is 0. The highest BCUT2D eigenvalue weighted by Gasteiger charge is 2.31. The maximum atomic E-state index is 12.4. The number of benzene rings is 2. The molecule has 0 saturated heterocycles. The summed E-state index contributed by atoms with van der Waals surface area (Å²) in [6.45, 7) is 3.44. The van der Waals surface area contributed by atoms with Crippen LogP contribution in [0.3, 0.4) is 0 Å². The molecule has 1 aliphatic heterocycles. The molecule has 2 aromatic carbocycles. The number of hydrogen-bond donors (Lipinski definition) is 2. The van der Waals surface area contributed by atoms with E-state index >= 15 is 0 Å². The second kappa shape index (κ2) is 8.99. The lowest BCUT2D eigenvalue weighted by Gasteiger charge is -2.23. The van der Waals surface area contributed by atoms with Crippen molar-refractivity contribution in [1.29, 1.82) is 0 Å². The molecule has 2 N–H and O–H groups in total. The molecule has 31 heavy (non-hydrogen) atoms. The number of nitrogens with zero attached hydrogens (tertiary/aromatic N) is 1. The Morgan fingerprint density at radius 1 is 1.35 bits per heavy atom. The molecular formula is C22H22F3NO5. The molecule has 0 unspecified atom stereocenters. The maximum absolute atomic E-state index is 12.4. The van der Waals surface area contributed by atoms with E-state index in [2.05, 4.69) is 11.3 Å². The van der Waals surface area contributed by atoms with Gasteiger partial charge in [-0.05, 0) is 41.0 Å². The van der Waals surface area contributed by atoms with E-state index in [0.717, 1.165) is 0 Å². The van der Waals surface area contributed by atoms with Gasteiger partial charge in [0.1, 0.15) is 17.6 Å². The minimum atomic E-state index is -4.79. The fourth-order valence-electron chi connectivity index (χ4n) is 3.64. The first-order chi connectivity index (χ1) is 14.6. The number of amides is 1. The minimum Gasteiger partial charge on any atom is -0.492 e. The predicted molar refractivity (Wildman–Crippen MR) is 106 cm³/mol. The van der Waals surface area contributed by atoms with Crippen molar-refractivity contribution in [2.45, 2.75) is 25.4 Å². The topological polar surface area (TPSA) is 79.2 Å². The van der Waals surface area contributed by atoms with Crippen molar-refractivity contribution in [3.8, 4) is 22.6 Å². The van der Waals surface area contributed by atoms with Crippen molar-refractivity contribution in [3.05, 3.63) is 59.7 Å². The average Bonchev–Trinajstić information content (AvgIpc) is 3.21. The monoisotopic (exact) mass is 437 g/mol. The Balaban J connectivity index is 2.09. The fraction of sp³-hybridized carbons (Fsp3) is 0.318. The quantitative estimate of drug-likeness (QED) is 0.650. The van der Waals surface area contributed by atoms with Crippen molar-refractivity contribution >= 4 is 5.91 Å². The Bertz CT molecular complexity index is 973. The van der Waals surface area contributed by atoms with Gasteiger partial charge in [-0.2, -0.15) is 0 Å². The molecule has 1 heterocycles. The van der Waals surface area contributed by atoms with Crippen LogP contribution in [0.15, 0.2) is 43.0 Å². The lowest BCUT2D eigenvalue weighted by atomic mass is 9.89. The van der Waals surface area contributed by atoms with Crippen molar-refractivity contribution in [2.75, 3.05) is 20.3 Å². The van der Waals surface area contributed by atoms with E-state index in [1.165, 1.54) is 35.2 Å². The van der Waals surface area contributed by atoms with Gasteiger partial charge in [0.15, 0.2) is 0 Å². The van der Waals surface area contributed by atoms with Gasteiger partial charge in [0.05, 0.1) is 13.2 Å². The highest BCUT2D eigenvalue weighted by Crippen LogP contribution is 2.43. The molecule has 1 atom stereocenters. The molecule has 0 bridgehead atoms. The lowest BCUT2D eigenvalue weighted by molar-refractivity contribution is -0.274. The van der Waals surface area contributed by atoms with Gasteiger partial charge in [-0.15, -0.1) is 13.2 Å². The van der Waals surface area contributed by atoms with Crippen LogP contribution in [0.4, 0.5) is 13.2 Å². The summed E-state index contributed by atoms with van der Waals surface area (Å²) in [5.41, 5.74) is 2.96. The zero-order valence-electron chi connectivity index (χ0n) is 16.8. The number of carbonyl (C=O) groups is 1. The number of aliphatic hydroxyl groups is 2. The Hall–Kier alpha value is -3.04. The van der Waals surface area contributed by atoms with Gasteiger partial charge in [-0.1, -0.05) is 18.7 Å². The Labute approximate surface area is 177 Å². The smallest absolute Gasteiger partial charge is 0.492 e. The summed E-state index contributed by atoms with van der Waals surface area (Å²) in [7, 11) is 1.58. The number of halogens is 3. The van der Waals surface area contributed by atoms with Gasteiger partial charge in [0.2, 0.25) is 5.91 Å². The first-order valence-corrected chi connectivity index (χ1v) is 9.48. The Morgan fingerprint density at radius 3 is 2.61 bits per heavy atom. The lowest BCUT2D eigenvalue weighted by Crippen LogP contribution is -2.25. The van der Waals surface area contributed by atoms with Crippen LogP contribution in [0.1, 0.15) is 22.8 Å². The molecule has 0 aliphatic carbocycles. The molecule has 0 spiro atoms. The Kier molecular flexibility index (Phi) is 6.56. The first kappa shape index (κ1) is 22.6. The Morgan fingerprint density at radius 2 is 2.03 bits per heavy atom. The van der Waals surface area contributed by atoms with Crippen molar-refractivity contribution in [1.82, 2.24) is 4.90 Å². The normalized spacial score (nSPS) is 13.9. The van der Waals surface area contributed by atoms with Crippen LogP contribution in [0.2, 0.25) is 0 Å². The number of hydrogen-bond acceptors (Lipinski definition) is 5. The summed E-state index contributed by atoms with van der Waals surface area (Å²) < 4.78 is 47.0. The van der Waals surface area contributed by atoms with Gasteiger partial charge in [0.25, 0.3) is 0 Å². The van der Waals surface area contributed by atoms with Crippen LogP contribution < -0.4 is 9.47 Å². The van der Waals surface area contributed by atoms with Crippen molar-refractivity contribution in [3.63, 3.8) is 0 Å². The first-order valence-electron chi connectivity index (χ1n) is 9.48. The van der Waals surface area contributed by atoms with E-state index in [0.29, 0.717) is 46.6 Å². The third-order valence-corrected chi connectivity index (χ3v) is 4.97. The molecule has 2 aromatic rings. The molecule has 0 saturated carbocycles. The standard InChI is InChI=1S/C22H22F3NO5/c1-3-19(29)26(2)11-14-10-17(13-4-6-15(7-5-13)31-22(23,24)25)21-16(8-9-30-21)20(14)18(28)12-27/h3-7,10,18,27-28H,1,8-9,11-12H2,2H3/t18-/m0/s1. The molecule has 6 nitrogen and oxygen atoms in total. The maximum Gasteiger partial charge on any atom is 0.573 e. The largest absolute Gasteiger partial charge is 0.573 e. The number of carbonyl (C=O) groups excluding carboxylic acids is 1. The third-order valence-electron chi connectivity index (χ3n) is 4.97. The van der Waals surface area contributed by atoms with Crippen LogP contribution in [0.25, 0.3) is 11.1 Å². The molecule has 0 radical (unpaired) electrons. The van der Waals surface area contributed by atoms with E-state index in [4.69, 9.17) is 4.74 Å². The van der Waals surface area contributed by atoms with E-state index in [1.54, 1.807) is 13.1 Å². The highest BCUT2D eigenvalue weighted by atomic mass is 19.4. The minimum absolute atomic E-state index is 0.132. The zero-order valence-corrected chi connectivity index (χ0v) is 16.8. The predicted octanol–water partition coefficient (Wildman–Crippen LogP) is 3.36. The number of alkyl halides is 3. The number of ether oxygens (including phenoxy) is 2. The second-order valence-corrected chi connectivity index (χ2v) is 7.07. The molecule has 9 heteroatoms. The second-order valence-electron chi connectivity index (χ2n) is 7.07. The molecular weight excluding hydrogens is 415 g/mol. The van der Waals surface area contributed by atoms with Gasteiger partial charge in [-0.25, -0.2) is 0 Å². The molecule has 1 aliphatic rings. The summed E-state index contributed by atoms with van der Waals surface area (Å²) in [5, 5.41) is 20.0. The number of aliphatic hydroxyl groups excluding tert-OH is 2. The number of rotatable bonds is 7. The van der Waals surface area contributed by atoms with Crippen LogP contribution in [-0.4, -0.2) is 47.6 Å². The van der Waals surface area contributed by atoms with E-state index < -0.39 is 19.1 Å². The summed E-state index contributed by atoms with van der Waals surface area (Å²) in [5.74, 6) is -0.178. The molecule has 166 valence electrons. The van der Waals surface area contributed by atoms with Gasteiger partial charge in [-0.3, -0.25) is 4.79 Å². The summed E-state index contributed by atoms with van der Waals surface area (Å²) in [6.07, 6.45) is -4.31. The third kappa shape index (κ3) is 5.00. The van der Waals surface area contributed by atoms with Crippen LogP contribution in [-0.2, 0) is 17.8 Å². The van der Waals surface area contributed by atoms with E-state index in [1.807, 2.05) is 0 Å². The van der Waals surface area contributed by atoms with E-state index in [-0.39, 0.29) is 18.2 Å². The SMILES string of the molecule is C=CC(=O)N(C)Cc1cc(-c2ccc(OC(F)(F)F)cc2)c2c(c1[C@@H](O)CO)CCO2. The molecule has 0 aromatic heterocycles. The molecule has 0 fully saturated rings. The van der Waals surface area contributed by atoms with Crippen LogP contribution in [0, 0.1) is 0 Å². The number of fused-ring (bicyclic) bond motifs is 1. The average molecular weight is 437 g/mol. The van der Waals surface area contributed by atoms with Gasteiger partial charge in [0, 0.05) is 31.1 Å². The van der Waals surface area contributed by atoms with Gasteiger partial charge < -0.3 is 24.6 Å². The highest BCUT2D eigenvalue weighted by molar-refractivity contribution is 5.87. The molecule has 1 amide bonds. The molecule has 3 rings (SSSR count). The van der Waals surface area contributed by atoms with E-state index in [9.17, 15) is 28.2 Å². The summed E-state index contributed by atoms with van der Waals surface area (Å²) in [6, 6.07) is 7.07. The van der Waals surface area contributed by atoms with Crippen molar-refractivity contribution in [2.24, 2.45) is 0 Å². The summed E-state index contributed by atoms with van der Waals surface area (Å²) in [4.78, 5) is 13.4. The van der Waals surface area contributed by atoms with Gasteiger partial charge >= 0.3 is 6.36 Å².